The number of ketones is 2. The van der Waals surface area contributed by atoms with Crippen molar-refractivity contribution in [2.24, 2.45) is 22.7 Å². The number of carbonyl (C=O) groups is 2. The predicted octanol–water partition coefficient (Wildman–Crippen LogP) is 3.17. The second-order valence-electron chi connectivity index (χ2n) is 9.20. The highest BCUT2D eigenvalue weighted by atomic mass is 35.5. The van der Waals surface area contributed by atoms with Crippen molar-refractivity contribution in [1.82, 2.24) is 0 Å². The van der Waals surface area contributed by atoms with Gasteiger partial charge < -0.3 is 10.2 Å². The van der Waals surface area contributed by atoms with Crippen LogP contribution < -0.4 is 0 Å². The van der Waals surface area contributed by atoms with Gasteiger partial charge in [0.1, 0.15) is 12.2 Å². The first-order valence-corrected chi connectivity index (χ1v) is 10.5. The summed E-state index contributed by atoms with van der Waals surface area (Å²) in [5, 5.41) is 20.2. The standard InChI is InChI=1S/C21H26Cl2O4/c1-18-7-5-13(25)9-12(18)3-4-15-14-6-8-20(27,17(26)11-24)19(14,2)10-16(22)21(15,18)23/h5,7,9,14-16,24,27H,3-4,6,8,10-11H2,1-2H3/t14-,15-,16?,18-,19-,20-,21-/m0/s1. The van der Waals surface area contributed by atoms with E-state index < -0.39 is 39.1 Å². The zero-order chi connectivity index (χ0) is 19.8. The molecule has 3 saturated carbocycles. The third-order valence-electron chi connectivity index (χ3n) is 8.35. The van der Waals surface area contributed by atoms with Gasteiger partial charge in [0.2, 0.25) is 0 Å². The highest BCUT2D eigenvalue weighted by Gasteiger charge is 2.72. The third-order valence-corrected chi connectivity index (χ3v) is 9.90. The zero-order valence-electron chi connectivity index (χ0n) is 15.7. The maximum Gasteiger partial charge on any atom is 0.190 e. The van der Waals surface area contributed by atoms with E-state index in [4.69, 9.17) is 23.2 Å². The smallest absolute Gasteiger partial charge is 0.190 e. The van der Waals surface area contributed by atoms with Crippen molar-refractivity contribution in [1.29, 1.82) is 0 Å². The second-order valence-corrected chi connectivity index (χ2v) is 10.3. The molecule has 1 unspecified atom stereocenters. The molecule has 0 radical (unpaired) electrons. The molecule has 7 atom stereocenters. The highest BCUT2D eigenvalue weighted by Crippen LogP contribution is 2.71. The van der Waals surface area contributed by atoms with Gasteiger partial charge in [0.25, 0.3) is 0 Å². The first kappa shape index (κ1) is 19.6. The van der Waals surface area contributed by atoms with Crippen LogP contribution >= 0.6 is 23.2 Å². The van der Waals surface area contributed by atoms with E-state index in [-0.39, 0.29) is 17.6 Å². The molecule has 0 amide bonds. The Kier molecular flexibility index (Phi) is 4.30. The summed E-state index contributed by atoms with van der Waals surface area (Å²) in [7, 11) is 0. The number of carbonyl (C=O) groups excluding carboxylic acids is 2. The van der Waals surface area contributed by atoms with Crippen molar-refractivity contribution in [2.75, 3.05) is 6.61 Å². The van der Waals surface area contributed by atoms with E-state index in [0.29, 0.717) is 19.3 Å². The van der Waals surface area contributed by atoms with E-state index in [1.54, 1.807) is 12.2 Å². The normalized spacial score (nSPS) is 51.3. The Morgan fingerprint density at radius 2 is 2.00 bits per heavy atom. The second kappa shape index (κ2) is 5.91. The monoisotopic (exact) mass is 412 g/mol. The number of hydrogen-bond acceptors (Lipinski definition) is 4. The van der Waals surface area contributed by atoms with Gasteiger partial charge in [-0.15, -0.1) is 23.2 Å². The van der Waals surface area contributed by atoms with Crippen molar-refractivity contribution in [3.63, 3.8) is 0 Å². The fourth-order valence-corrected chi connectivity index (χ4v) is 7.97. The summed E-state index contributed by atoms with van der Waals surface area (Å²) in [6.07, 6.45) is 8.11. The van der Waals surface area contributed by atoms with E-state index in [1.165, 1.54) is 0 Å². The van der Waals surface area contributed by atoms with Crippen LogP contribution in [0.1, 0.15) is 46.0 Å². The van der Waals surface area contributed by atoms with Gasteiger partial charge >= 0.3 is 0 Å². The third kappa shape index (κ3) is 2.19. The van der Waals surface area contributed by atoms with Crippen LogP contribution in [-0.2, 0) is 9.59 Å². The lowest BCUT2D eigenvalue weighted by atomic mass is 9.46. The largest absolute Gasteiger partial charge is 0.388 e. The number of halogens is 2. The van der Waals surface area contributed by atoms with Crippen LogP contribution in [0.5, 0.6) is 0 Å². The molecule has 4 aliphatic carbocycles. The molecule has 0 aromatic heterocycles. The van der Waals surface area contributed by atoms with Crippen molar-refractivity contribution < 1.29 is 19.8 Å². The van der Waals surface area contributed by atoms with Gasteiger partial charge in [0.15, 0.2) is 11.6 Å². The SMILES string of the molecule is C[C@]12C=CC(=O)C=C1CC[C@H]1[C@@H]3CC[C@](O)(C(=O)CO)[C@@]3(C)CC(Cl)[C@@]12Cl. The molecule has 2 N–H and O–H groups in total. The predicted molar refractivity (Wildman–Crippen MR) is 104 cm³/mol. The first-order chi connectivity index (χ1) is 12.5. The van der Waals surface area contributed by atoms with Crippen molar-refractivity contribution in [3.05, 3.63) is 23.8 Å². The molecule has 3 fully saturated rings. The van der Waals surface area contributed by atoms with E-state index in [9.17, 15) is 19.8 Å². The lowest BCUT2D eigenvalue weighted by Crippen LogP contribution is -2.67. The Hall–Kier alpha value is -0.680. The summed E-state index contributed by atoms with van der Waals surface area (Å²) in [4.78, 5) is 23.6. The number of aliphatic hydroxyl groups is 2. The highest BCUT2D eigenvalue weighted by molar-refractivity contribution is 6.34. The van der Waals surface area contributed by atoms with Crippen LogP contribution in [0.3, 0.4) is 0 Å². The van der Waals surface area contributed by atoms with Crippen LogP contribution in [0.2, 0.25) is 0 Å². The Balaban J connectivity index is 1.81. The summed E-state index contributed by atoms with van der Waals surface area (Å²) < 4.78 is 0. The molecule has 0 aromatic rings. The van der Waals surface area contributed by atoms with Crippen LogP contribution in [0.25, 0.3) is 0 Å². The van der Waals surface area contributed by atoms with E-state index in [2.05, 4.69) is 6.92 Å². The number of aliphatic hydroxyl groups excluding tert-OH is 1. The molecule has 4 rings (SSSR count). The summed E-state index contributed by atoms with van der Waals surface area (Å²) in [5.41, 5.74) is -1.78. The number of alkyl halides is 2. The van der Waals surface area contributed by atoms with Crippen LogP contribution in [0.15, 0.2) is 23.8 Å². The Morgan fingerprint density at radius 1 is 1.30 bits per heavy atom. The van der Waals surface area contributed by atoms with E-state index in [1.807, 2.05) is 13.0 Å². The van der Waals surface area contributed by atoms with Gasteiger partial charge in [-0.1, -0.05) is 25.5 Å². The summed E-state index contributed by atoms with van der Waals surface area (Å²) in [6.45, 7) is 3.31. The fourth-order valence-electron chi connectivity index (χ4n) is 6.74. The van der Waals surface area contributed by atoms with Gasteiger partial charge in [-0.25, -0.2) is 0 Å². The average molecular weight is 413 g/mol. The topological polar surface area (TPSA) is 74.6 Å². The zero-order valence-corrected chi connectivity index (χ0v) is 17.2. The molecular weight excluding hydrogens is 387 g/mol. The molecule has 27 heavy (non-hydrogen) atoms. The van der Waals surface area contributed by atoms with Gasteiger partial charge in [-0.2, -0.15) is 0 Å². The molecule has 4 nitrogen and oxygen atoms in total. The molecule has 0 aromatic carbocycles. The summed E-state index contributed by atoms with van der Waals surface area (Å²) in [5.74, 6) is -0.489. The number of fused-ring (bicyclic) bond motifs is 5. The van der Waals surface area contributed by atoms with Crippen LogP contribution in [-0.4, -0.2) is 44.2 Å². The van der Waals surface area contributed by atoms with Crippen molar-refractivity contribution >= 4 is 34.8 Å². The number of allylic oxidation sites excluding steroid dienone is 4. The molecule has 6 heteroatoms. The first-order valence-electron chi connectivity index (χ1n) is 9.68. The molecule has 0 aliphatic heterocycles. The van der Waals surface area contributed by atoms with Crippen LogP contribution in [0, 0.1) is 22.7 Å². The quantitative estimate of drug-likeness (QED) is 0.682. The minimum Gasteiger partial charge on any atom is -0.388 e. The lowest BCUT2D eigenvalue weighted by molar-refractivity contribution is -0.161. The average Bonchev–Trinajstić information content (AvgIpc) is 2.88. The van der Waals surface area contributed by atoms with Crippen molar-refractivity contribution in [3.8, 4) is 0 Å². The fraction of sp³-hybridized carbons (Fsp3) is 0.714. The summed E-state index contributed by atoms with van der Waals surface area (Å²) in [6, 6.07) is 0. The number of hydrogen-bond donors (Lipinski definition) is 2. The Morgan fingerprint density at radius 3 is 2.67 bits per heavy atom. The van der Waals surface area contributed by atoms with Crippen molar-refractivity contribution in [2.45, 2.75) is 61.8 Å². The Bertz CT molecular complexity index is 776. The minimum absolute atomic E-state index is 0.0148. The maximum absolute atomic E-state index is 12.4. The summed E-state index contributed by atoms with van der Waals surface area (Å²) >= 11 is 14.3. The molecule has 0 saturated heterocycles. The molecule has 0 spiro atoms. The van der Waals surface area contributed by atoms with Gasteiger partial charge in [0, 0.05) is 10.8 Å². The lowest BCUT2D eigenvalue weighted by Gasteiger charge is -2.63. The van der Waals surface area contributed by atoms with Crippen LogP contribution in [0.4, 0.5) is 0 Å². The van der Waals surface area contributed by atoms with Gasteiger partial charge in [0.05, 0.1) is 10.3 Å². The number of Topliss-reactive ketones (excluding diaryl/α,β-unsaturated/α-hetero) is 1. The maximum atomic E-state index is 12.4. The van der Waals surface area contributed by atoms with Gasteiger partial charge in [-0.3, -0.25) is 9.59 Å². The molecule has 148 valence electrons. The molecule has 0 heterocycles. The molecule has 4 aliphatic rings. The minimum atomic E-state index is -1.56. The van der Waals surface area contributed by atoms with Gasteiger partial charge in [-0.05, 0) is 56.1 Å². The number of rotatable bonds is 2. The Labute approximate surface area is 169 Å². The molecular formula is C21H26Cl2O4. The molecule has 0 bridgehead atoms. The van der Waals surface area contributed by atoms with E-state index >= 15 is 0 Å². The van der Waals surface area contributed by atoms with E-state index in [0.717, 1.165) is 18.4 Å².